The molecule has 1 aliphatic rings. The quantitative estimate of drug-likeness (QED) is 0.539. The number of ether oxygens (including phenoxy) is 2. The van der Waals surface area contributed by atoms with E-state index in [1.807, 2.05) is 33.0 Å². The maximum Gasteiger partial charge on any atom is 0.191 e. The molecule has 1 aromatic carbocycles. The zero-order chi connectivity index (χ0) is 19.6. The van der Waals surface area contributed by atoms with Crippen LogP contribution in [0.4, 0.5) is 0 Å². The minimum Gasteiger partial charge on any atom is -0.491 e. The van der Waals surface area contributed by atoms with Crippen LogP contribution in [0.3, 0.4) is 0 Å². The number of morpholine rings is 1. The Kier molecular flexibility index (Phi) is 8.88. The Bertz CT molecular complexity index is 583. The largest absolute Gasteiger partial charge is 0.491 e. The van der Waals surface area contributed by atoms with Crippen LogP contribution in [0, 0.1) is 5.92 Å². The highest BCUT2D eigenvalue weighted by Crippen LogP contribution is 2.15. The van der Waals surface area contributed by atoms with Gasteiger partial charge in [-0.25, -0.2) is 0 Å². The van der Waals surface area contributed by atoms with Gasteiger partial charge in [0, 0.05) is 39.3 Å². The van der Waals surface area contributed by atoms with Crippen LogP contribution in [0.5, 0.6) is 5.75 Å². The minimum atomic E-state index is 0.177. The van der Waals surface area contributed by atoms with Gasteiger partial charge in [0.25, 0.3) is 0 Å². The summed E-state index contributed by atoms with van der Waals surface area (Å²) in [4.78, 5) is 6.89. The Morgan fingerprint density at radius 2 is 1.93 bits per heavy atom. The van der Waals surface area contributed by atoms with E-state index in [0.29, 0.717) is 18.5 Å². The number of hydrogen-bond donors (Lipinski definition) is 2. The van der Waals surface area contributed by atoms with Gasteiger partial charge in [0.1, 0.15) is 5.75 Å². The Labute approximate surface area is 164 Å². The lowest BCUT2D eigenvalue weighted by atomic mass is 10.0. The van der Waals surface area contributed by atoms with Crippen molar-refractivity contribution in [2.24, 2.45) is 10.9 Å². The van der Waals surface area contributed by atoms with E-state index in [0.717, 1.165) is 44.6 Å². The predicted octanol–water partition coefficient (Wildman–Crippen LogP) is 2.50. The first-order chi connectivity index (χ1) is 13.0. The molecule has 1 heterocycles. The zero-order valence-electron chi connectivity index (χ0n) is 17.5. The zero-order valence-corrected chi connectivity index (χ0v) is 17.5. The Balaban J connectivity index is 1.86. The van der Waals surface area contributed by atoms with Gasteiger partial charge in [-0.1, -0.05) is 26.0 Å². The van der Waals surface area contributed by atoms with Gasteiger partial charge in [-0.15, -0.1) is 0 Å². The summed E-state index contributed by atoms with van der Waals surface area (Å²) < 4.78 is 11.3. The smallest absolute Gasteiger partial charge is 0.191 e. The van der Waals surface area contributed by atoms with Crippen LogP contribution in [-0.2, 0) is 11.3 Å². The molecule has 0 saturated carbocycles. The number of guanidine groups is 1. The molecule has 152 valence electrons. The molecule has 0 aliphatic carbocycles. The van der Waals surface area contributed by atoms with Crippen molar-refractivity contribution in [2.45, 2.75) is 46.4 Å². The van der Waals surface area contributed by atoms with E-state index >= 15 is 0 Å². The molecule has 0 spiro atoms. The maximum absolute atomic E-state index is 5.77. The van der Waals surface area contributed by atoms with Crippen molar-refractivity contribution < 1.29 is 9.47 Å². The first-order valence-corrected chi connectivity index (χ1v) is 10.0. The third-order valence-electron chi connectivity index (χ3n) is 4.72. The van der Waals surface area contributed by atoms with E-state index in [1.165, 1.54) is 5.56 Å². The van der Waals surface area contributed by atoms with Gasteiger partial charge in [-0.2, -0.15) is 0 Å². The number of nitrogens with one attached hydrogen (secondary N) is 2. The monoisotopic (exact) mass is 376 g/mol. The molecule has 1 fully saturated rings. The second-order valence-corrected chi connectivity index (χ2v) is 7.58. The van der Waals surface area contributed by atoms with Crippen LogP contribution in [0.25, 0.3) is 0 Å². The fourth-order valence-electron chi connectivity index (χ4n) is 3.30. The Morgan fingerprint density at radius 1 is 1.19 bits per heavy atom. The normalized spacial score (nSPS) is 17.2. The minimum absolute atomic E-state index is 0.177. The molecule has 2 rings (SSSR count). The second kappa shape index (κ2) is 11.1. The van der Waals surface area contributed by atoms with Gasteiger partial charge in [-0.05, 0) is 37.5 Å². The van der Waals surface area contributed by atoms with Crippen molar-refractivity contribution in [3.8, 4) is 5.75 Å². The van der Waals surface area contributed by atoms with Crippen LogP contribution in [-0.4, -0.2) is 62.9 Å². The van der Waals surface area contributed by atoms with Crippen molar-refractivity contribution in [2.75, 3.05) is 39.9 Å². The summed E-state index contributed by atoms with van der Waals surface area (Å²) in [5, 5.41) is 6.89. The molecule has 1 atom stereocenters. The highest BCUT2D eigenvalue weighted by atomic mass is 16.5. The second-order valence-electron chi connectivity index (χ2n) is 7.58. The molecule has 1 saturated heterocycles. The van der Waals surface area contributed by atoms with Crippen molar-refractivity contribution in [1.82, 2.24) is 15.5 Å². The lowest BCUT2D eigenvalue weighted by molar-refractivity contribution is 0.00752. The summed E-state index contributed by atoms with van der Waals surface area (Å²) in [7, 11) is 1.81. The van der Waals surface area contributed by atoms with Crippen molar-refractivity contribution in [3.05, 3.63) is 29.8 Å². The van der Waals surface area contributed by atoms with Crippen molar-refractivity contribution >= 4 is 5.96 Å². The highest BCUT2D eigenvalue weighted by Gasteiger charge is 2.23. The molecule has 6 heteroatoms. The number of rotatable bonds is 8. The molecule has 27 heavy (non-hydrogen) atoms. The van der Waals surface area contributed by atoms with E-state index < -0.39 is 0 Å². The molecule has 1 aromatic rings. The third kappa shape index (κ3) is 7.39. The summed E-state index contributed by atoms with van der Waals surface area (Å²) >= 11 is 0. The Hall–Kier alpha value is -1.79. The van der Waals surface area contributed by atoms with Crippen molar-refractivity contribution in [3.63, 3.8) is 0 Å². The lowest BCUT2D eigenvalue weighted by Gasteiger charge is -2.37. The molecular weight excluding hydrogens is 340 g/mol. The molecule has 0 radical (unpaired) electrons. The molecule has 0 amide bonds. The molecule has 0 bridgehead atoms. The van der Waals surface area contributed by atoms with Gasteiger partial charge >= 0.3 is 0 Å². The number of aliphatic imine (C=N–C) groups is 1. The fraction of sp³-hybridized carbons (Fsp3) is 0.667. The highest BCUT2D eigenvalue weighted by molar-refractivity contribution is 5.79. The maximum atomic E-state index is 5.77. The average Bonchev–Trinajstić information content (AvgIpc) is 2.65. The van der Waals surface area contributed by atoms with Gasteiger partial charge in [0.15, 0.2) is 5.96 Å². The molecule has 6 nitrogen and oxygen atoms in total. The van der Waals surface area contributed by atoms with E-state index in [9.17, 15) is 0 Å². The van der Waals surface area contributed by atoms with E-state index in [2.05, 4.69) is 46.5 Å². The van der Waals surface area contributed by atoms with E-state index in [-0.39, 0.29) is 6.10 Å². The van der Waals surface area contributed by atoms with Gasteiger partial charge < -0.3 is 20.1 Å². The fourth-order valence-corrected chi connectivity index (χ4v) is 3.30. The van der Waals surface area contributed by atoms with Crippen LogP contribution in [0.15, 0.2) is 29.3 Å². The molecule has 1 unspecified atom stereocenters. The number of hydrogen-bond acceptors (Lipinski definition) is 4. The van der Waals surface area contributed by atoms with Gasteiger partial charge in [0.05, 0.1) is 19.3 Å². The summed E-state index contributed by atoms with van der Waals surface area (Å²) in [6, 6.07) is 8.66. The van der Waals surface area contributed by atoms with Crippen LogP contribution < -0.4 is 15.4 Å². The summed E-state index contributed by atoms with van der Waals surface area (Å²) in [5.74, 6) is 2.29. The van der Waals surface area contributed by atoms with Crippen LogP contribution in [0.2, 0.25) is 0 Å². The summed E-state index contributed by atoms with van der Waals surface area (Å²) in [6.07, 6.45) is 0.177. The number of nitrogens with zero attached hydrogens (tertiary/aromatic N) is 2. The van der Waals surface area contributed by atoms with Crippen LogP contribution in [0.1, 0.15) is 33.3 Å². The van der Waals surface area contributed by atoms with Gasteiger partial charge in [-0.3, -0.25) is 9.89 Å². The van der Waals surface area contributed by atoms with E-state index in [1.54, 1.807) is 0 Å². The topological polar surface area (TPSA) is 58.1 Å². The van der Waals surface area contributed by atoms with E-state index in [4.69, 9.17) is 9.47 Å². The SMILES string of the molecule is CN=C(NCc1cccc(OC(C)C)c1)NCC(C(C)C)N1CCOCC1. The Morgan fingerprint density at radius 3 is 2.56 bits per heavy atom. The summed E-state index contributed by atoms with van der Waals surface area (Å²) in [6.45, 7) is 13.9. The lowest BCUT2D eigenvalue weighted by Crippen LogP contribution is -2.52. The number of benzene rings is 1. The van der Waals surface area contributed by atoms with Crippen molar-refractivity contribution in [1.29, 1.82) is 0 Å². The average molecular weight is 377 g/mol. The molecular formula is C21H36N4O2. The molecule has 2 N–H and O–H groups in total. The van der Waals surface area contributed by atoms with Gasteiger partial charge in [0.2, 0.25) is 0 Å². The molecule has 0 aromatic heterocycles. The molecule has 1 aliphatic heterocycles. The first kappa shape index (κ1) is 21.5. The van der Waals surface area contributed by atoms with Crippen LogP contribution >= 0.6 is 0 Å². The third-order valence-corrected chi connectivity index (χ3v) is 4.72. The first-order valence-electron chi connectivity index (χ1n) is 10.0. The predicted molar refractivity (Wildman–Crippen MR) is 111 cm³/mol. The summed E-state index contributed by atoms with van der Waals surface area (Å²) in [5.41, 5.74) is 1.17. The standard InChI is InChI=1S/C21H36N4O2/c1-16(2)20(25-9-11-26-12-10-25)15-24-21(22-5)23-14-18-7-6-8-19(13-18)27-17(3)4/h6-8,13,16-17,20H,9-12,14-15H2,1-5H3,(H2,22,23,24).